The molecule has 0 aliphatic carbocycles. The Bertz CT molecular complexity index is 26.7. The molecule has 0 aromatic heterocycles. The zero-order valence-corrected chi connectivity index (χ0v) is 5.42. The van der Waals surface area contributed by atoms with Gasteiger partial charge in [0.25, 0.3) is 0 Å². The summed E-state index contributed by atoms with van der Waals surface area (Å²) >= 11 is 3.31. The van der Waals surface area contributed by atoms with Gasteiger partial charge in [0.15, 0.2) is 0 Å². The van der Waals surface area contributed by atoms with Crippen molar-refractivity contribution in [3.8, 4) is 0 Å². The molecule has 0 atom stereocenters. The molecule has 38 valence electrons. The molecule has 0 saturated heterocycles. The quantitative estimate of drug-likeness (QED) is 0.495. The zero-order chi connectivity index (χ0) is 4.99. The molecule has 6 heavy (non-hydrogen) atoms. The Morgan fingerprint density at radius 3 is 1.67 bits per heavy atom. The molecule has 0 amide bonds. The molecule has 0 fully saturated rings. The van der Waals surface area contributed by atoms with Gasteiger partial charge in [-0.3, -0.25) is 0 Å². The number of hydrogen-bond donors (Lipinski definition) is 0. The van der Waals surface area contributed by atoms with E-state index in [0.717, 1.165) is 13.1 Å². The number of rotatable bonds is 2. The van der Waals surface area contributed by atoms with Gasteiger partial charge in [-0.05, 0) is 0 Å². The third-order valence-electron chi connectivity index (χ3n) is 0.686. The Labute approximate surface area is 47.7 Å². The number of hydrogen-bond acceptors (Lipinski definition) is 1. The van der Waals surface area contributed by atoms with Crippen LogP contribution in [0.2, 0.25) is 0 Å². The van der Waals surface area contributed by atoms with Crippen LogP contribution in [-0.4, -0.2) is 17.0 Å². The van der Waals surface area contributed by atoms with Crippen LogP contribution >= 0.6 is 0 Å². The first-order chi connectivity index (χ1) is 2.81. The van der Waals surface area contributed by atoms with Gasteiger partial charge in [0, 0.05) is 0 Å². The van der Waals surface area contributed by atoms with Crippen molar-refractivity contribution in [2.75, 3.05) is 13.1 Å². The van der Waals surface area contributed by atoms with E-state index >= 15 is 0 Å². The van der Waals surface area contributed by atoms with E-state index in [1.807, 2.05) is 0 Å². The first kappa shape index (κ1) is 6.48. The molecule has 0 bridgehead atoms. The third kappa shape index (κ3) is 2.70. The maximum atomic E-state index is 3.31. The summed E-state index contributed by atoms with van der Waals surface area (Å²) in [7, 11) is 0. The van der Waals surface area contributed by atoms with Gasteiger partial charge in [-0.1, -0.05) is 0 Å². The van der Waals surface area contributed by atoms with Crippen molar-refractivity contribution in [3.63, 3.8) is 0 Å². The summed E-state index contributed by atoms with van der Waals surface area (Å²) in [5.74, 6) is 0. The topological polar surface area (TPSA) is 3.24 Å². The van der Waals surface area contributed by atoms with Gasteiger partial charge in [0.2, 0.25) is 0 Å². The summed E-state index contributed by atoms with van der Waals surface area (Å²) in [5, 5.41) is 0. The Balaban J connectivity index is 2.75. The van der Waals surface area contributed by atoms with Gasteiger partial charge in [0.05, 0.1) is 0 Å². The summed E-state index contributed by atoms with van der Waals surface area (Å²) in [5.41, 5.74) is 0. The molecule has 0 N–H and O–H groups in total. The van der Waals surface area contributed by atoms with Gasteiger partial charge in [0.1, 0.15) is 0 Å². The van der Waals surface area contributed by atoms with Crippen LogP contribution in [0, 0.1) is 0 Å². The summed E-state index contributed by atoms with van der Waals surface area (Å²) in [6.45, 7) is 6.38. The van der Waals surface area contributed by atoms with Gasteiger partial charge < -0.3 is 0 Å². The van der Waals surface area contributed by atoms with Gasteiger partial charge in [-0.25, -0.2) is 0 Å². The predicted molar refractivity (Wildman–Crippen MR) is 22.9 cm³/mol. The van der Waals surface area contributed by atoms with Gasteiger partial charge >= 0.3 is 47.1 Å². The summed E-state index contributed by atoms with van der Waals surface area (Å²) < 4.78 is 2.06. The summed E-state index contributed by atoms with van der Waals surface area (Å²) in [4.78, 5) is 0. The molecule has 1 nitrogen and oxygen atoms in total. The molecule has 0 aromatic rings. The number of nitrogens with zero attached hydrogens (tertiary/aromatic N) is 1. The first-order valence-electron chi connectivity index (χ1n) is 2.22. The molecular weight excluding hydrogens is 117 g/mol. The van der Waals surface area contributed by atoms with Crippen LogP contribution in [0.4, 0.5) is 0 Å². The van der Waals surface area contributed by atoms with Gasteiger partial charge in [-0.2, -0.15) is 0 Å². The third-order valence-corrected chi connectivity index (χ3v) is 1.43. The molecule has 0 rings (SSSR count). The molecule has 0 aliphatic rings. The van der Waals surface area contributed by atoms with Crippen LogP contribution in [0.25, 0.3) is 0 Å². The molecular formula is C4H10MnN. The normalized spacial score (nSPS) is 10.0. The van der Waals surface area contributed by atoms with Crippen LogP contribution in [0.15, 0.2) is 0 Å². The maximum absolute atomic E-state index is 3.31. The van der Waals surface area contributed by atoms with Crippen LogP contribution in [0.3, 0.4) is 0 Å². The van der Waals surface area contributed by atoms with Crippen molar-refractivity contribution >= 4 is 0 Å². The fraction of sp³-hybridized carbons (Fsp3) is 1.00. The van der Waals surface area contributed by atoms with Crippen molar-refractivity contribution in [2.45, 2.75) is 13.8 Å². The van der Waals surface area contributed by atoms with E-state index in [4.69, 9.17) is 0 Å². The van der Waals surface area contributed by atoms with Crippen LogP contribution in [0.1, 0.15) is 13.8 Å². The molecule has 2 heteroatoms. The standard InChI is InChI=1S/C4H10N.Mn/c1-3-5-4-2;/h3-4H2,1-2H3;/q-1;+1. The second-order valence-electron chi connectivity index (χ2n) is 1.10. The van der Waals surface area contributed by atoms with Crippen molar-refractivity contribution in [1.82, 2.24) is 3.92 Å². The molecule has 0 heterocycles. The van der Waals surface area contributed by atoms with Gasteiger partial charge in [-0.15, -0.1) is 0 Å². The first-order valence-corrected chi connectivity index (χ1v) is 2.74. The van der Waals surface area contributed by atoms with Crippen LogP contribution in [-0.2, 0) is 16.2 Å². The van der Waals surface area contributed by atoms with Crippen molar-refractivity contribution in [1.29, 1.82) is 0 Å². The minimum atomic E-state index is 1.08. The minimum absolute atomic E-state index is 1.08. The fourth-order valence-electron chi connectivity index (χ4n) is 0.224. The van der Waals surface area contributed by atoms with E-state index in [1.54, 1.807) is 0 Å². The second-order valence-corrected chi connectivity index (χ2v) is 1.84. The van der Waals surface area contributed by atoms with Crippen LogP contribution < -0.4 is 0 Å². The summed E-state index contributed by atoms with van der Waals surface area (Å²) in [6, 6.07) is 0. The fourth-order valence-corrected chi connectivity index (χ4v) is 0.224. The molecule has 0 unspecified atom stereocenters. The summed E-state index contributed by atoms with van der Waals surface area (Å²) in [6.07, 6.45) is 0. The van der Waals surface area contributed by atoms with E-state index in [0.29, 0.717) is 0 Å². The van der Waals surface area contributed by atoms with E-state index in [2.05, 4.69) is 34.0 Å². The van der Waals surface area contributed by atoms with Crippen molar-refractivity contribution < 1.29 is 16.2 Å². The molecule has 0 aromatic carbocycles. The Hall–Kier alpha value is 0.479. The van der Waals surface area contributed by atoms with Crippen molar-refractivity contribution in [3.05, 3.63) is 0 Å². The van der Waals surface area contributed by atoms with E-state index < -0.39 is 0 Å². The second kappa shape index (κ2) is 3.66. The Morgan fingerprint density at radius 2 is 1.67 bits per heavy atom. The average molecular weight is 127 g/mol. The van der Waals surface area contributed by atoms with E-state index in [1.165, 1.54) is 0 Å². The Kier molecular flexibility index (Phi) is 3.95. The predicted octanol–water partition coefficient (Wildman–Crippen LogP) is 0.790. The van der Waals surface area contributed by atoms with E-state index in [9.17, 15) is 0 Å². The monoisotopic (exact) mass is 127 g/mol. The molecule has 0 saturated carbocycles. The van der Waals surface area contributed by atoms with Crippen molar-refractivity contribution in [2.24, 2.45) is 0 Å². The van der Waals surface area contributed by atoms with E-state index in [-0.39, 0.29) is 0 Å². The average Bonchev–Trinajstić information content (AvgIpc) is 1.65. The molecule has 0 aliphatic heterocycles. The van der Waals surface area contributed by atoms with Crippen LogP contribution in [0.5, 0.6) is 0 Å². The Morgan fingerprint density at radius 1 is 1.33 bits per heavy atom. The zero-order valence-electron chi connectivity index (χ0n) is 4.24. The molecule has 0 radical (unpaired) electrons. The SMILES string of the molecule is CC[N]([Mn])CC. The molecule has 0 spiro atoms.